The van der Waals surface area contributed by atoms with E-state index in [9.17, 15) is 39.3 Å². The lowest BCUT2D eigenvalue weighted by Crippen LogP contribution is -2.66. The van der Waals surface area contributed by atoms with Crippen LogP contribution >= 0.6 is 0 Å². The standard InChI is InChI=1S/C32H42O16/c1-13(2)26(36)41-12-19-22(47-31-23(44-27(37)14(3)4)21(35)20(34)18(11-33)42-31)24(45-28(38)15(5)6)25(46-29(39)16(7)8)32(43-19)48-30(40)17(9)10/h18-25,31-35H,1,3,5,7,9,11-12H2,2,4,6,8,10H3/t18-,19-,20-,21+,22-,23-,24+,25-,31-,32+/m1/s1. The van der Waals surface area contributed by atoms with Crippen LogP contribution in [0, 0.1) is 0 Å². The van der Waals surface area contributed by atoms with Gasteiger partial charge in [0.1, 0.15) is 37.1 Å². The summed E-state index contributed by atoms with van der Waals surface area (Å²) in [5, 5.41) is 31.3. The first-order valence-electron chi connectivity index (χ1n) is 14.5. The molecule has 0 amide bonds. The molecule has 0 aromatic rings. The Morgan fingerprint density at radius 3 is 1.42 bits per heavy atom. The van der Waals surface area contributed by atoms with Crippen molar-refractivity contribution in [3.63, 3.8) is 0 Å². The van der Waals surface area contributed by atoms with Crippen LogP contribution in [-0.2, 0) is 61.9 Å². The number of hydrogen-bond acceptors (Lipinski definition) is 16. The molecule has 16 heteroatoms. The first kappa shape index (κ1) is 40.0. The second kappa shape index (κ2) is 17.3. The molecule has 2 heterocycles. The summed E-state index contributed by atoms with van der Waals surface area (Å²) in [5.74, 6) is -5.01. The van der Waals surface area contributed by atoms with Gasteiger partial charge in [-0.1, -0.05) is 32.9 Å². The Morgan fingerprint density at radius 2 is 0.958 bits per heavy atom. The van der Waals surface area contributed by atoms with E-state index in [-0.39, 0.29) is 27.9 Å². The predicted octanol–water partition coefficient (Wildman–Crippen LogP) is 0.238. The number of esters is 5. The van der Waals surface area contributed by atoms with Crippen molar-refractivity contribution in [2.75, 3.05) is 13.2 Å². The number of hydrogen-bond donors (Lipinski definition) is 3. The van der Waals surface area contributed by atoms with Crippen molar-refractivity contribution >= 4 is 29.8 Å². The molecule has 0 unspecified atom stereocenters. The molecule has 2 saturated heterocycles. The van der Waals surface area contributed by atoms with Crippen LogP contribution in [-0.4, -0.2) is 120 Å². The Bertz CT molecular complexity index is 1330. The second-order valence-electron chi connectivity index (χ2n) is 11.4. The summed E-state index contributed by atoms with van der Waals surface area (Å²) in [4.78, 5) is 63.4. The summed E-state index contributed by atoms with van der Waals surface area (Å²) in [6.45, 7) is 22.6. The van der Waals surface area contributed by atoms with E-state index in [1.165, 1.54) is 34.6 Å². The molecule has 48 heavy (non-hydrogen) atoms. The van der Waals surface area contributed by atoms with Gasteiger partial charge in [-0.25, -0.2) is 24.0 Å². The van der Waals surface area contributed by atoms with Crippen LogP contribution in [0.2, 0.25) is 0 Å². The molecule has 0 aliphatic carbocycles. The van der Waals surface area contributed by atoms with Crippen molar-refractivity contribution in [2.45, 2.75) is 96.0 Å². The van der Waals surface area contributed by atoms with E-state index in [0.717, 1.165) is 0 Å². The van der Waals surface area contributed by atoms with Gasteiger partial charge < -0.3 is 53.2 Å². The zero-order valence-corrected chi connectivity index (χ0v) is 27.4. The lowest BCUT2D eigenvalue weighted by Gasteiger charge is -2.47. The highest BCUT2D eigenvalue weighted by atomic mass is 16.8. The third-order valence-corrected chi connectivity index (χ3v) is 6.78. The third kappa shape index (κ3) is 10.2. The number of ether oxygens (including phenoxy) is 8. The highest BCUT2D eigenvalue weighted by Gasteiger charge is 2.56. The van der Waals surface area contributed by atoms with Crippen LogP contribution in [0.1, 0.15) is 34.6 Å². The smallest absolute Gasteiger partial charge is 0.335 e. The minimum Gasteiger partial charge on any atom is -0.459 e. The topological polar surface area (TPSA) is 220 Å². The van der Waals surface area contributed by atoms with Crippen molar-refractivity contribution in [1.29, 1.82) is 0 Å². The van der Waals surface area contributed by atoms with E-state index in [1.807, 2.05) is 0 Å². The van der Waals surface area contributed by atoms with Crippen LogP contribution in [0.25, 0.3) is 0 Å². The number of carbonyl (C=O) groups excluding carboxylic acids is 5. The summed E-state index contributed by atoms with van der Waals surface area (Å²) in [7, 11) is 0. The molecule has 0 bridgehead atoms. The molecule has 0 aromatic heterocycles. The van der Waals surface area contributed by atoms with Gasteiger partial charge in [-0.15, -0.1) is 0 Å². The van der Waals surface area contributed by atoms with E-state index in [2.05, 4.69) is 32.9 Å². The number of aliphatic hydroxyl groups excluding tert-OH is 3. The maximum atomic E-state index is 13.0. The Hall–Kier alpha value is -4.19. The minimum atomic E-state index is -1.91. The van der Waals surface area contributed by atoms with E-state index in [0.29, 0.717) is 0 Å². The molecule has 10 atom stereocenters. The first-order valence-corrected chi connectivity index (χ1v) is 14.5. The Morgan fingerprint density at radius 1 is 0.542 bits per heavy atom. The van der Waals surface area contributed by atoms with Gasteiger partial charge in [0.15, 0.2) is 18.5 Å². The van der Waals surface area contributed by atoms with Crippen molar-refractivity contribution in [2.24, 2.45) is 0 Å². The molecule has 2 aliphatic rings. The van der Waals surface area contributed by atoms with Crippen LogP contribution in [0.5, 0.6) is 0 Å². The Kier molecular flexibility index (Phi) is 14.4. The van der Waals surface area contributed by atoms with Gasteiger partial charge in [-0.3, -0.25) is 0 Å². The number of carbonyl (C=O) groups is 5. The molecule has 2 rings (SSSR count). The molecule has 0 radical (unpaired) electrons. The van der Waals surface area contributed by atoms with Crippen LogP contribution in [0.15, 0.2) is 60.8 Å². The van der Waals surface area contributed by atoms with Crippen molar-refractivity contribution in [3.8, 4) is 0 Å². The van der Waals surface area contributed by atoms with Gasteiger partial charge >= 0.3 is 29.8 Å². The summed E-state index contributed by atoms with van der Waals surface area (Å²) in [5.41, 5.74) is -0.467. The fourth-order valence-corrected chi connectivity index (χ4v) is 4.14. The Balaban J connectivity index is 2.77. The molecule has 3 N–H and O–H groups in total. The highest BCUT2D eigenvalue weighted by molar-refractivity contribution is 5.89. The third-order valence-electron chi connectivity index (χ3n) is 6.78. The maximum Gasteiger partial charge on any atom is 0.335 e. The van der Waals surface area contributed by atoms with Gasteiger partial charge in [-0.2, -0.15) is 0 Å². The van der Waals surface area contributed by atoms with Gasteiger partial charge in [0, 0.05) is 27.9 Å². The lowest BCUT2D eigenvalue weighted by atomic mass is 9.96. The van der Waals surface area contributed by atoms with Crippen molar-refractivity contribution < 1.29 is 77.2 Å². The quantitative estimate of drug-likeness (QED) is 0.127. The average Bonchev–Trinajstić information content (AvgIpc) is 3.01. The van der Waals surface area contributed by atoms with Gasteiger partial charge in [0.2, 0.25) is 12.4 Å². The molecule has 0 saturated carbocycles. The largest absolute Gasteiger partial charge is 0.459 e. The summed E-state index contributed by atoms with van der Waals surface area (Å²) in [6, 6.07) is 0. The molecule has 16 nitrogen and oxygen atoms in total. The summed E-state index contributed by atoms with van der Waals surface area (Å²) < 4.78 is 44.9. The average molecular weight is 683 g/mol. The molecule has 0 spiro atoms. The Labute approximate surface area is 277 Å². The fraction of sp³-hybridized carbons (Fsp3) is 0.531. The molecular weight excluding hydrogens is 640 g/mol. The van der Waals surface area contributed by atoms with Crippen LogP contribution in [0.4, 0.5) is 0 Å². The van der Waals surface area contributed by atoms with Gasteiger partial charge in [-0.05, 0) is 34.6 Å². The predicted molar refractivity (Wildman–Crippen MR) is 162 cm³/mol. The number of rotatable bonds is 14. The van der Waals surface area contributed by atoms with E-state index < -0.39 is 104 Å². The van der Waals surface area contributed by atoms with E-state index in [1.54, 1.807) is 0 Å². The molecule has 2 aliphatic heterocycles. The van der Waals surface area contributed by atoms with Gasteiger partial charge in [0.05, 0.1) is 6.61 Å². The first-order chi connectivity index (χ1) is 22.3. The lowest BCUT2D eigenvalue weighted by molar-refractivity contribution is -0.356. The fourth-order valence-electron chi connectivity index (χ4n) is 4.14. The minimum absolute atomic E-state index is 0.0163. The summed E-state index contributed by atoms with van der Waals surface area (Å²) >= 11 is 0. The normalized spacial score (nSPS) is 29.8. The highest BCUT2D eigenvalue weighted by Crippen LogP contribution is 2.34. The molecule has 2 fully saturated rings. The second-order valence-corrected chi connectivity index (χ2v) is 11.4. The zero-order valence-electron chi connectivity index (χ0n) is 27.4. The van der Waals surface area contributed by atoms with Crippen molar-refractivity contribution in [1.82, 2.24) is 0 Å². The van der Waals surface area contributed by atoms with E-state index >= 15 is 0 Å². The molecular formula is C32H42O16. The van der Waals surface area contributed by atoms with Crippen LogP contribution < -0.4 is 0 Å². The van der Waals surface area contributed by atoms with Crippen LogP contribution in [0.3, 0.4) is 0 Å². The SMILES string of the molecule is C=C(C)C(=O)OC[C@H]1O[C@@H](OC(=O)C(=C)C)[C@H](OC(=O)C(=C)C)[C@@H](OC(=O)C(=C)C)[C@@H]1O[C@H]1O[C@H](CO)[C@@H](O)[C@H](O)[C@H]1OC(=O)C(=C)C. The monoisotopic (exact) mass is 682 g/mol. The molecule has 0 aromatic carbocycles. The zero-order chi connectivity index (χ0) is 36.6. The summed E-state index contributed by atoms with van der Waals surface area (Å²) in [6.07, 6.45) is -17.6. The van der Waals surface area contributed by atoms with Gasteiger partial charge in [0.25, 0.3) is 0 Å². The molecule has 266 valence electrons. The number of aliphatic hydroxyl groups is 3. The van der Waals surface area contributed by atoms with Crippen molar-refractivity contribution in [3.05, 3.63) is 60.8 Å². The van der Waals surface area contributed by atoms with E-state index in [4.69, 9.17) is 37.9 Å². The maximum absolute atomic E-state index is 13.0.